The first kappa shape index (κ1) is 23.7. The van der Waals surface area contributed by atoms with Crippen LogP contribution < -0.4 is 15.4 Å². The smallest absolute Gasteiger partial charge is 0.213 e. The number of hydrogen-bond acceptors (Lipinski definition) is 5. The summed E-state index contributed by atoms with van der Waals surface area (Å²) < 4.78 is 16.9. The molecule has 0 radical (unpaired) electrons. The molecule has 0 saturated heterocycles. The Labute approximate surface area is 180 Å². The van der Waals surface area contributed by atoms with Gasteiger partial charge >= 0.3 is 0 Å². The molecule has 0 aliphatic carbocycles. The molecule has 0 saturated carbocycles. The van der Waals surface area contributed by atoms with E-state index in [4.69, 9.17) is 18.9 Å². The van der Waals surface area contributed by atoms with Gasteiger partial charge in [-0.25, -0.2) is 9.98 Å². The highest BCUT2D eigenvalue weighted by atomic mass is 16.5. The SMILES string of the molecule is CCNC(=NCc1ccc(C)cc1OCCCOC)NCc1ncc(C(C)(C)C)o1. The molecule has 166 valence electrons. The van der Waals surface area contributed by atoms with E-state index in [0.717, 1.165) is 35.6 Å². The van der Waals surface area contributed by atoms with Crippen LogP contribution in [-0.2, 0) is 23.2 Å². The molecular formula is C23H36N4O3. The molecule has 0 spiro atoms. The molecule has 30 heavy (non-hydrogen) atoms. The van der Waals surface area contributed by atoms with Crippen LogP contribution in [0.1, 0.15) is 56.9 Å². The first-order valence-electron chi connectivity index (χ1n) is 10.5. The van der Waals surface area contributed by atoms with E-state index >= 15 is 0 Å². The highest BCUT2D eigenvalue weighted by Gasteiger charge is 2.19. The zero-order valence-corrected chi connectivity index (χ0v) is 19.2. The van der Waals surface area contributed by atoms with Gasteiger partial charge in [-0.1, -0.05) is 32.9 Å². The normalized spacial score (nSPS) is 12.1. The fourth-order valence-electron chi connectivity index (χ4n) is 2.72. The predicted molar refractivity (Wildman–Crippen MR) is 120 cm³/mol. The number of aromatic nitrogens is 1. The highest BCUT2D eigenvalue weighted by molar-refractivity contribution is 5.79. The van der Waals surface area contributed by atoms with E-state index in [2.05, 4.69) is 61.5 Å². The molecule has 2 rings (SSSR count). The number of benzene rings is 1. The highest BCUT2D eigenvalue weighted by Crippen LogP contribution is 2.23. The van der Waals surface area contributed by atoms with Crippen molar-refractivity contribution in [2.75, 3.05) is 26.9 Å². The molecule has 0 amide bonds. The van der Waals surface area contributed by atoms with Gasteiger partial charge in [0.2, 0.25) is 5.89 Å². The largest absolute Gasteiger partial charge is 0.493 e. The summed E-state index contributed by atoms with van der Waals surface area (Å²) in [6, 6.07) is 6.20. The van der Waals surface area contributed by atoms with Gasteiger partial charge < -0.3 is 24.5 Å². The maximum atomic E-state index is 5.96. The van der Waals surface area contributed by atoms with Crippen LogP contribution in [0.2, 0.25) is 0 Å². The van der Waals surface area contributed by atoms with E-state index in [1.807, 2.05) is 6.92 Å². The Kier molecular flexibility index (Phi) is 9.17. The molecule has 1 aromatic carbocycles. The lowest BCUT2D eigenvalue weighted by atomic mass is 9.94. The molecule has 2 aromatic rings. The fraction of sp³-hybridized carbons (Fsp3) is 0.565. The number of nitrogens with zero attached hydrogens (tertiary/aromatic N) is 2. The number of rotatable bonds is 10. The summed E-state index contributed by atoms with van der Waals surface area (Å²) in [5, 5.41) is 6.55. The quantitative estimate of drug-likeness (QED) is 0.347. The topological polar surface area (TPSA) is 80.9 Å². The zero-order valence-electron chi connectivity index (χ0n) is 19.2. The minimum Gasteiger partial charge on any atom is -0.493 e. The van der Waals surface area contributed by atoms with Gasteiger partial charge in [-0.15, -0.1) is 0 Å². The second kappa shape index (κ2) is 11.6. The van der Waals surface area contributed by atoms with Gasteiger partial charge in [0.1, 0.15) is 11.5 Å². The molecule has 7 nitrogen and oxygen atoms in total. The summed E-state index contributed by atoms with van der Waals surface area (Å²) in [5.41, 5.74) is 2.14. The van der Waals surface area contributed by atoms with Crippen molar-refractivity contribution < 1.29 is 13.9 Å². The molecular weight excluding hydrogens is 380 g/mol. The van der Waals surface area contributed by atoms with Crippen LogP contribution >= 0.6 is 0 Å². The molecule has 2 N–H and O–H groups in total. The summed E-state index contributed by atoms with van der Waals surface area (Å²) >= 11 is 0. The third-order valence-electron chi connectivity index (χ3n) is 4.42. The van der Waals surface area contributed by atoms with Crippen molar-refractivity contribution in [2.45, 2.75) is 59.5 Å². The maximum Gasteiger partial charge on any atom is 0.213 e. The van der Waals surface area contributed by atoms with Gasteiger partial charge in [0.25, 0.3) is 0 Å². The van der Waals surface area contributed by atoms with Gasteiger partial charge in [0.15, 0.2) is 5.96 Å². The summed E-state index contributed by atoms with van der Waals surface area (Å²) in [6.07, 6.45) is 2.64. The van der Waals surface area contributed by atoms with Gasteiger partial charge in [-0.05, 0) is 25.5 Å². The number of aryl methyl sites for hydroxylation is 1. The van der Waals surface area contributed by atoms with Gasteiger partial charge in [0.05, 0.1) is 25.9 Å². The molecule has 0 aliphatic heterocycles. The molecule has 0 bridgehead atoms. The summed E-state index contributed by atoms with van der Waals surface area (Å²) in [5.74, 6) is 3.09. The average molecular weight is 417 g/mol. The Morgan fingerprint density at radius 3 is 2.67 bits per heavy atom. The van der Waals surface area contributed by atoms with E-state index in [0.29, 0.717) is 38.2 Å². The van der Waals surface area contributed by atoms with Gasteiger partial charge in [-0.3, -0.25) is 0 Å². The van der Waals surface area contributed by atoms with Crippen LogP contribution in [0.5, 0.6) is 5.75 Å². The van der Waals surface area contributed by atoms with Gasteiger partial charge in [-0.2, -0.15) is 0 Å². The molecule has 1 heterocycles. The predicted octanol–water partition coefficient (Wildman–Crippen LogP) is 3.95. The van der Waals surface area contributed by atoms with E-state index in [1.165, 1.54) is 0 Å². The van der Waals surface area contributed by atoms with Gasteiger partial charge in [0, 0.05) is 37.7 Å². The number of aliphatic imine (C=N–C) groups is 1. The molecule has 1 aromatic heterocycles. The van der Waals surface area contributed by atoms with E-state index in [1.54, 1.807) is 13.3 Å². The monoisotopic (exact) mass is 416 g/mol. The number of hydrogen-bond donors (Lipinski definition) is 2. The van der Waals surface area contributed by atoms with Crippen molar-refractivity contribution in [3.8, 4) is 5.75 Å². The maximum absolute atomic E-state index is 5.96. The first-order valence-corrected chi connectivity index (χ1v) is 10.5. The van der Waals surface area contributed by atoms with Crippen molar-refractivity contribution >= 4 is 5.96 Å². The van der Waals surface area contributed by atoms with E-state index < -0.39 is 0 Å². The average Bonchev–Trinajstić information content (AvgIpc) is 3.18. The summed E-state index contributed by atoms with van der Waals surface area (Å²) in [6.45, 7) is 13.5. The molecule has 0 aliphatic rings. The van der Waals surface area contributed by atoms with Crippen LogP contribution in [0, 0.1) is 6.92 Å². The Morgan fingerprint density at radius 2 is 2.00 bits per heavy atom. The Bertz CT molecular complexity index is 809. The van der Waals surface area contributed by atoms with Crippen LogP contribution in [0.3, 0.4) is 0 Å². The summed E-state index contributed by atoms with van der Waals surface area (Å²) in [7, 11) is 1.70. The van der Waals surface area contributed by atoms with Crippen LogP contribution in [-0.4, -0.2) is 37.8 Å². The Morgan fingerprint density at radius 1 is 1.20 bits per heavy atom. The minimum atomic E-state index is -0.0606. The zero-order chi connectivity index (χ0) is 22.0. The van der Waals surface area contributed by atoms with E-state index in [-0.39, 0.29) is 5.41 Å². The number of nitrogens with one attached hydrogen (secondary N) is 2. The third kappa shape index (κ3) is 7.71. The van der Waals surface area contributed by atoms with Crippen LogP contribution in [0.25, 0.3) is 0 Å². The van der Waals surface area contributed by atoms with Crippen molar-refractivity contribution in [2.24, 2.45) is 4.99 Å². The third-order valence-corrected chi connectivity index (χ3v) is 4.42. The lowest BCUT2D eigenvalue weighted by Crippen LogP contribution is -2.36. The van der Waals surface area contributed by atoms with Crippen LogP contribution in [0.15, 0.2) is 33.8 Å². The molecule has 0 atom stereocenters. The van der Waals surface area contributed by atoms with E-state index in [9.17, 15) is 0 Å². The number of methoxy groups -OCH3 is 1. The van der Waals surface area contributed by atoms with Crippen molar-refractivity contribution in [1.82, 2.24) is 15.6 Å². The minimum absolute atomic E-state index is 0.0606. The van der Waals surface area contributed by atoms with Crippen molar-refractivity contribution in [3.05, 3.63) is 47.2 Å². The van der Waals surface area contributed by atoms with Crippen molar-refractivity contribution in [3.63, 3.8) is 0 Å². The van der Waals surface area contributed by atoms with Crippen LogP contribution in [0.4, 0.5) is 0 Å². The second-order valence-corrected chi connectivity index (χ2v) is 8.22. The lowest BCUT2D eigenvalue weighted by Gasteiger charge is -2.14. The number of oxazole rings is 1. The number of guanidine groups is 1. The molecule has 0 unspecified atom stereocenters. The molecule has 7 heteroatoms. The Hall–Kier alpha value is -2.54. The molecule has 0 fully saturated rings. The first-order chi connectivity index (χ1) is 14.3. The lowest BCUT2D eigenvalue weighted by molar-refractivity contribution is 0.172. The fourth-order valence-corrected chi connectivity index (χ4v) is 2.72. The standard InChI is InChI=1S/C23H36N4O3/c1-7-24-22(27-16-21-25-15-20(30-21)23(3,4)5)26-14-18-10-9-17(2)13-19(18)29-12-8-11-28-6/h9-10,13,15H,7-8,11-12,14,16H2,1-6H3,(H2,24,26,27). The number of ether oxygens (including phenoxy) is 2. The van der Waals surface area contributed by atoms with Crippen molar-refractivity contribution in [1.29, 1.82) is 0 Å². The summed E-state index contributed by atoms with van der Waals surface area (Å²) in [4.78, 5) is 9.07. The second-order valence-electron chi connectivity index (χ2n) is 8.22. The Balaban J connectivity index is 2.02.